The maximum absolute atomic E-state index is 12.0. The van der Waals surface area contributed by atoms with Crippen molar-refractivity contribution in [3.63, 3.8) is 0 Å². The van der Waals surface area contributed by atoms with Gasteiger partial charge in [-0.3, -0.25) is 0 Å². The van der Waals surface area contributed by atoms with Crippen molar-refractivity contribution in [1.29, 1.82) is 0 Å². The number of halogens is 3. The molecular formula is C13H16F3N. The molecule has 1 heterocycles. The number of alkyl halides is 3. The fourth-order valence-corrected chi connectivity index (χ4v) is 2.30. The van der Waals surface area contributed by atoms with Crippen molar-refractivity contribution in [3.8, 4) is 0 Å². The minimum absolute atomic E-state index is 0.234. The van der Waals surface area contributed by atoms with Crippen LogP contribution in [0.15, 0.2) is 24.3 Å². The van der Waals surface area contributed by atoms with Crippen LogP contribution >= 0.6 is 0 Å². The monoisotopic (exact) mass is 243 g/mol. The first kappa shape index (κ1) is 12.3. The number of para-hydroxylation sites is 1. The smallest absolute Gasteiger partial charge is 0.385 e. The lowest BCUT2D eigenvalue weighted by Gasteiger charge is -2.26. The van der Waals surface area contributed by atoms with Gasteiger partial charge in [-0.1, -0.05) is 18.2 Å². The Morgan fingerprint density at radius 2 is 2.00 bits per heavy atom. The fourth-order valence-electron chi connectivity index (χ4n) is 2.30. The first-order chi connectivity index (χ1) is 8.04. The number of anilines is 1. The summed E-state index contributed by atoms with van der Waals surface area (Å²) in [5, 5.41) is 3.28. The Labute approximate surface area is 99.0 Å². The lowest BCUT2D eigenvalue weighted by molar-refractivity contribution is -0.136. The van der Waals surface area contributed by atoms with Gasteiger partial charge in [-0.05, 0) is 36.8 Å². The topological polar surface area (TPSA) is 12.0 Å². The second-order valence-corrected chi connectivity index (χ2v) is 4.62. The summed E-state index contributed by atoms with van der Waals surface area (Å²) in [4.78, 5) is 0. The predicted octanol–water partition coefficient (Wildman–Crippen LogP) is 4.00. The Morgan fingerprint density at radius 1 is 1.24 bits per heavy atom. The van der Waals surface area contributed by atoms with E-state index in [9.17, 15) is 13.2 Å². The lowest BCUT2D eigenvalue weighted by atomic mass is 9.90. The highest BCUT2D eigenvalue weighted by atomic mass is 19.4. The summed E-state index contributed by atoms with van der Waals surface area (Å²) in [6.45, 7) is 0.787. The van der Waals surface area contributed by atoms with Crippen LogP contribution in [0.5, 0.6) is 0 Å². The van der Waals surface area contributed by atoms with E-state index < -0.39 is 12.6 Å². The molecule has 1 unspecified atom stereocenters. The van der Waals surface area contributed by atoms with Crippen molar-refractivity contribution in [2.45, 2.75) is 31.9 Å². The average molecular weight is 243 g/mol. The Kier molecular flexibility index (Phi) is 3.60. The zero-order valence-electron chi connectivity index (χ0n) is 9.56. The van der Waals surface area contributed by atoms with E-state index in [4.69, 9.17) is 0 Å². The third-order valence-electron chi connectivity index (χ3n) is 3.18. The van der Waals surface area contributed by atoms with Crippen LogP contribution < -0.4 is 5.32 Å². The van der Waals surface area contributed by atoms with Crippen LogP contribution in [0.2, 0.25) is 0 Å². The van der Waals surface area contributed by atoms with Crippen molar-refractivity contribution in [1.82, 2.24) is 0 Å². The van der Waals surface area contributed by atoms with Crippen LogP contribution in [0.4, 0.5) is 18.9 Å². The fraction of sp³-hybridized carbons (Fsp3) is 0.538. The van der Waals surface area contributed by atoms with Gasteiger partial charge < -0.3 is 5.32 Å². The highest BCUT2D eigenvalue weighted by Crippen LogP contribution is 2.29. The molecule has 1 aromatic rings. The molecule has 0 amide bonds. The maximum atomic E-state index is 12.0. The summed E-state index contributed by atoms with van der Waals surface area (Å²) in [6, 6.07) is 7.99. The van der Waals surface area contributed by atoms with Gasteiger partial charge in [0.1, 0.15) is 0 Å². The maximum Gasteiger partial charge on any atom is 0.389 e. The van der Waals surface area contributed by atoms with Gasteiger partial charge in [-0.25, -0.2) is 0 Å². The summed E-state index contributed by atoms with van der Waals surface area (Å²) >= 11 is 0. The molecule has 94 valence electrons. The van der Waals surface area contributed by atoms with E-state index in [1.165, 1.54) is 5.56 Å². The van der Waals surface area contributed by atoms with Crippen molar-refractivity contribution in [3.05, 3.63) is 29.8 Å². The van der Waals surface area contributed by atoms with Gasteiger partial charge in [0, 0.05) is 18.7 Å². The van der Waals surface area contributed by atoms with E-state index >= 15 is 0 Å². The molecule has 0 saturated carbocycles. The minimum atomic E-state index is -4.01. The van der Waals surface area contributed by atoms with Crippen LogP contribution in [-0.2, 0) is 6.42 Å². The van der Waals surface area contributed by atoms with Crippen molar-refractivity contribution in [2.24, 2.45) is 5.92 Å². The van der Waals surface area contributed by atoms with Crippen LogP contribution in [0, 0.1) is 5.92 Å². The van der Waals surface area contributed by atoms with Gasteiger partial charge in [0.25, 0.3) is 0 Å². The predicted molar refractivity (Wildman–Crippen MR) is 62.0 cm³/mol. The Bertz CT molecular complexity index is 373. The summed E-state index contributed by atoms with van der Waals surface area (Å²) in [7, 11) is 0. The van der Waals surface area contributed by atoms with Gasteiger partial charge in [-0.15, -0.1) is 0 Å². The van der Waals surface area contributed by atoms with E-state index in [-0.39, 0.29) is 6.42 Å². The molecule has 0 fully saturated rings. The quantitative estimate of drug-likeness (QED) is 0.846. The highest BCUT2D eigenvalue weighted by Gasteiger charge is 2.27. The van der Waals surface area contributed by atoms with E-state index in [2.05, 4.69) is 5.32 Å². The molecule has 1 atom stereocenters. The molecule has 0 saturated heterocycles. The van der Waals surface area contributed by atoms with Crippen LogP contribution in [-0.4, -0.2) is 12.7 Å². The number of fused-ring (bicyclic) bond motifs is 1. The summed E-state index contributed by atoms with van der Waals surface area (Å²) < 4.78 is 36.1. The summed E-state index contributed by atoms with van der Waals surface area (Å²) in [5.41, 5.74) is 2.34. The van der Waals surface area contributed by atoms with Crippen LogP contribution in [0.25, 0.3) is 0 Å². The van der Waals surface area contributed by atoms with Crippen LogP contribution in [0.1, 0.15) is 24.8 Å². The molecule has 1 aliphatic rings. The molecule has 0 bridgehead atoms. The summed E-state index contributed by atoms with van der Waals surface area (Å²) in [6.07, 6.45) is -2.91. The molecule has 17 heavy (non-hydrogen) atoms. The second kappa shape index (κ2) is 4.98. The first-order valence-corrected chi connectivity index (χ1v) is 5.93. The third kappa shape index (κ3) is 3.65. The van der Waals surface area contributed by atoms with Crippen LogP contribution in [0.3, 0.4) is 0 Å². The molecule has 1 N–H and O–H groups in total. The zero-order chi connectivity index (χ0) is 12.3. The molecular weight excluding hydrogens is 227 g/mol. The Balaban J connectivity index is 1.82. The van der Waals surface area contributed by atoms with Gasteiger partial charge in [0.2, 0.25) is 0 Å². The zero-order valence-corrected chi connectivity index (χ0v) is 9.56. The number of rotatable bonds is 3. The molecule has 1 aromatic carbocycles. The molecule has 0 radical (unpaired) electrons. The molecule has 0 aromatic heterocycles. The van der Waals surface area contributed by atoms with Gasteiger partial charge in [0.05, 0.1) is 0 Å². The second-order valence-electron chi connectivity index (χ2n) is 4.62. The minimum Gasteiger partial charge on any atom is -0.385 e. The van der Waals surface area contributed by atoms with Crippen molar-refractivity contribution >= 4 is 5.69 Å². The standard InChI is InChI=1S/C13H16F3N/c14-13(15,16)7-3-4-10-8-11-5-1-2-6-12(11)17-9-10/h1-2,5-6,10,17H,3-4,7-9H2. The Morgan fingerprint density at radius 3 is 2.76 bits per heavy atom. The SMILES string of the molecule is FC(F)(F)CCCC1CNc2ccccc2C1. The lowest BCUT2D eigenvalue weighted by Crippen LogP contribution is -2.23. The number of nitrogens with one attached hydrogen (secondary N) is 1. The van der Waals surface area contributed by atoms with Crippen molar-refractivity contribution < 1.29 is 13.2 Å². The number of hydrogen-bond acceptors (Lipinski definition) is 1. The number of hydrogen-bond donors (Lipinski definition) is 1. The normalized spacial score (nSPS) is 19.6. The highest BCUT2D eigenvalue weighted by molar-refractivity contribution is 5.53. The average Bonchev–Trinajstić information content (AvgIpc) is 2.27. The molecule has 2 rings (SSSR count). The van der Waals surface area contributed by atoms with Gasteiger partial charge in [0.15, 0.2) is 0 Å². The van der Waals surface area contributed by atoms with Gasteiger partial charge in [-0.2, -0.15) is 13.2 Å². The van der Waals surface area contributed by atoms with E-state index in [0.29, 0.717) is 12.3 Å². The molecule has 1 aliphatic heterocycles. The van der Waals surface area contributed by atoms with E-state index in [1.807, 2.05) is 24.3 Å². The molecule has 0 spiro atoms. The van der Waals surface area contributed by atoms with Crippen molar-refractivity contribution in [2.75, 3.05) is 11.9 Å². The van der Waals surface area contributed by atoms with E-state index in [1.54, 1.807) is 0 Å². The summed E-state index contributed by atoms with van der Waals surface area (Å²) in [5.74, 6) is 0.326. The molecule has 0 aliphatic carbocycles. The Hall–Kier alpha value is -1.19. The third-order valence-corrected chi connectivity index (χ3v) is 3.18. The van der Waals surface area contributed by atoms with E-state index in [0.717, 1.165) is 18.7 Å². The molecule has 1 nitrogen and oxygen atoms in total. The van der Waals surface area contributed by atoms with Gasteiger partial charge >= 0.3 is 6.18 Å². The first-order valence-electron chi connectivity index (χ1n) is 5.93. The number of benzene rings is 1. The molecule has 4 heteroatoms. The largest absolute Gasteiger partial charge is 0.389 e.